The summed E-state index contributed by atoms with van der Waals surface area (Å²) in [5.41, 5.74) is 1.33. The van der Waals surface area contributed by atoms with Crippen molar-refractivity contribution in [2.45, 2.75) is 0 Å². The summed E-state index contributed by atoms with van der Waals surface area (Å²) >= 11 is 6.12. The summed E-state index contributed by atoms with van der Waals surface area (Å²) in [7, 11) is 1.59. The first-order valence-electron chi connectivity index (χ1n) is 6.16. The Morgan fingerprint density at radius 2 is 2.00 bits per heavy atom. The lowest BCUT2D eigenvalue weighted by Gasteiger charge is -2.04. The molecule has 0 saturated carbocycles. The van der Waals surface area contributed by atoms with Crippen LogP contribution in [-0.4, -0.2) is 27.6 Å². The van der Waals surface area contributed by atoms with Gasteiger partial charge in [0.2, 0.25) is 0 Å². The molecule has 0 radical (unpaired) electrons. The van der Waals surface area contributed by atoms with Crippen molar-refractivity contribution in [1.29, 1.82) is 0 Å². The number of imidazole rings is 1. The zero-order valence-corrected chi connectivity index (χ0v) is 11.8. The predicted molar refractivity (Wildman–Crippen MR) is 79.1 cm³/mol. The van der Waals surface area contributed by atoms with Crippen molar-refractivity contribution in [2.24, 2.45) is 0 Å². The molecular weight excluding hydrogens is 292 g/mol. The van der Waals surface area contributed by atoms with Crippen LogP contribution >= 0.6 is 11.6 Å². The molecule has 1 aromatic carbocycles. The summed E-state index contributed by atoms with van der Waals surface area (Å²) in [4.78, 5) is 15.6. The van der Waals surface area contributed by atoms with E-state index >= 15 is 0 Å². The van der Waals surface area contributed by atoms with Crippen LogP contribution in [0.1, 0.15) is 10.4 Å². The molecular formula is C15H11ClN2O3. The Hall–Kier alpha value is -2.53. The van der Waals surface area contributed by atoms with Crippen LogP contribution in [0.3, 0.4) is 0 Å². The normalized spacial score (nSPS) is 10.8. The number of rotatable bonds is 3. The molecule has 0 fully saturated rings. The molecule has 21 heavy (non-hydrogen) atoms. The number of hydrogen-bond donors (Lipinski definition) is 1. The lowest BCUT2D eigenvalue weighted by molar-refractivity contribution is 0.0698. The number of carbonyl (C=O) groups is 1. The highest BCUT2D eigenvalue weighted by Gasteiger charge is 2.17. The van der Waals surface area contributed by atoms with Gasteiger partial charge in [-0.1, -0.05) is 11.6 Å². The monoisotopic (exact) mass is 302 g/mol. The topological polar surface area (TPSA) is 63.8 Å². The highest BCUT2D eigenvalue weighted by molar-refractivity contribution is 6.33. The summed E-state index contributed by atoms with van der Waals surface area (Å²) in [6, 6.07) is 10.5. The van der Waals surface area contributed by atoms with E-state index in [1.54, 1.807) is 23.8 Å². The van der Waals surface area contributed by atoms with Gasteiger partial charge >= 0.3 is 5.97 Å². The summed E-state index contributed by atoms with van der Waals surface area (Å²) in [6.45, 7) is 0. The molecule has 2 aromatic heterocycles. The molecule has 3 rings (SSSR count). The summed E-state index contributed by atoms with van der Waals surface area (Å²) in [5, 5.41) is 9.40. The van der Waals surface area contributed by atoms with Crippen LogP contribution in [0.15, 0.2) is 42.6 Å². The van der Waals surface area contributed by atoms with Crippen LogP contribution in [0.25, 0.3) is 16.9 Å². The van der Waals surface area contributed by atoms with Gasteiger partial charge in [-0.15, -0.1) is 0 Å². The largest absolute Gasteiger partial charge is 0.497 e. The van der Waals surface area contributed by atoms with E-state index in [1.165, 1.54) is 6.07 Å². The zero-order chi connectivity index (χ0) is 15.0. The SMILES string of the molecule is COc1ccc(-c2nc(Cl)c3c(C(=O)O)cccn23)cc1. The molecule has 0 saturated heterocycles. The minimum absolute atomic E-state index is 0.120. The summed E-state index contributed by atoms with van der Waals surface area (Å²) < 4.78 is 6.79. The average Bonchev–Trinajstić information content (AvgIpc) is 2.84. The first-order valence-corrected chi connectivity index (χ1v) is 6.54. The zero-order valence-electron chi connectivity index (χ0n) is 11.1. The fraction of sp³-hybridized carbons (Fsp3) is 0.0667. The maximum atomic E-state index is 11.3. The number of ether oxygens (including phenoxy) is 1. The number of aromatic nitrogens is 2. The molecule has 0 atom stereocenters. The highest BCUT2D eigenvalue weighted by atomic mass is 35.5. The maximum Gasteiger partial charge on any atom is 0.337 e. The highest BCUT2D eigenvalue weighted by Crippen LogP contribution is 2.29. The maximum absolute atomic E-state index is 11.3. The van der Waals surface area contributed by atoms with E-state index in [2.05, 4.69) is 4.98 Å². The molecule has 0 aliphatic carbocycles. The Morgan fingerprint density at radius 3 is 2.62 bits per heavy atom. The second-order valence-electron chi connectivity index (χ2n) is 4.40. The second kappa shape index (κ2) is 5.10. The molecule has 106 valence electrons. The first kappa shape index (κ1) is 13.5. The minimum atomic E-state index is -1.04. The van der Waals surface area contributed by atoms with Crippen molar-refractivity contribution in [3.8, 4) is 17.1 Å². The van der Waals surface area contributed by atoms with E-state index < -0.39 is 5.97 Å². The second-order valence-corrected chi connectivity index (χ2v) is 4.76. The van der Waals surface area contributed by atoms with Gasteiger partial charge < -0.3 is 9.84 Å². The van der Waals surface area contributed by atoms with Crippen molar-refractivity contribution in [2.75, 3.05) is 7.11 Å². The molecule has 0 aliphatic rings. The number of methoxy groups -OCH3 is 1. The van der Waals surface area contributed by atoms with Gasteiger partial charge in [-0.2, -0.15) is 0 Å². The first-order chi connectivity index (χ1) is 10.1. The van der Waals surface area contributed by atoms with Gasteiger partial charge in [-0.25, -0.2) is 9.78 Å². The van der Waals surface area contributed by atoms with Crippen LogP contribution in [0.5, 0.6) is 5.75 Å². The number of carboxylic acids is 1. The molecule has 0 unspecified atom stereocenters. The molecule has 2 heterocycles. The van der Waals surface area contributed by atoms with E-state index in [1.807, 2.05) is 24.3 Å². The van der Waals surface area contributed by atoms with Crippen molar-refractivity contribution >= 4 is 23.1 Å². The number of aromatic carboxylic acids is 1. The Balaban J connectivity index is 2.24. The lowest BCUT2D eigenvalue weighted by atomic mass is 10.2. The number of hydrogen-bond acceptors (Lipinski definition) is 3. The van der Waals surface area contributed by atoms with Gasteiger partial charge in [0.05, 0.1) is 18.2 Å². The molecule has 6 heteroatoms. The molecule has 0 bridgehead atoms. The number of fused-ring (bicyclic) bond motifs is 1. The van der Waals surface area contributed by atoms with Crippen molar-refractivity contribution < 1.29 is 14.6 Å². The molecule has 0 spiro atoms. The third kappa shape index (κ3) is 2.21. The van der Waals surface area contributed by atoms with E-state index in [-0.39, 0.29) is 10.7 Å². The number of pyridine rings is 1. The van der Waals surface area contributed by atoms with Crippen LogP contribution in [0.2, 0.25) is 5.15 Å². The Bertz CT molecular complexity index is 825. The third-order valence-electron chi connectivity index (χ3n) is 3.20. The van der Waals surface area contributed by atoms with Gasteiger partial charge in [0.25, 0.3) is 0 Å². The fourth-order valence-electron chi connectivity index (χ4n) is 2.21. The fourth-order valence-corrected chi connectivity index (χ4v) is 2.48. The van der Waals surface area contributed by atoms with Crippen molar-refractivity contribution in [3.05, 3.63) is 53.3 Å². The predicted octanol–water partition coefficient (Wildman–Crippen LogP) is 3.36. The molecule has 3 aromatic rings. The van der Waals surface area contributed by atoms with Gasteiger partial charge in [0.15, 0.2) is 5.15 Å². The van der Waals surface area contributed by atoms with E-state index in [0.717, 1.165) is 11.3 Å². The van der Waals surface area contributed by atoms with E-state index in [0.29, 0.717) is 11.3 Å². The Kier molecular flexibility index (Phi) is 3.27. The van der Waals surface area contributed by atoms with Crippen LogP contribution < -0.4 is 4.74 Å². The number of halogens is 1. The molecule has 5 nitrogen and oxygen atoms in total. The quantitative estimate of drug-likeness (QED) is 0.805. The lowest BCUT2D eigenvalue weighted by Crippen LogP contribution is -2.00. The number of benzene rings is 1. The van der Waals surface area contributed by atoms with E-state index in [9.17, 15) is 9.90 Å². The molecule has 0 aliphatic heterocycles. The van der Waals surface area contributed by atoms with Crippen molar-refractivity contribution in [1.82, 2.24) is 9.38 Å². The number of carboxylic acid groups (broad SMARTS) is 1. The van der Waals surface area contributed by atoms with Gasteiger partial charge in [0, 0.05) is 11.8 Å². The van der Waals surface area contributed by atoms with E-state index in [4.69, 9.17) is 16.3 Å². The standard InChI is InChI=1S/C15H11ClN2O3/c1-21-10-6-4-9(5-7-10)14-17-13(16)12-11(15(19)20)3-2-8-18(12)14/h2-8H,1H3,(H,19,20). The van der Waals surface area contributed by atoms with Gasteiger partial charge in [0.1, 0.15) is 11.6 Å². The summed E-state index contributed by atoms with van der Waals surface area (Å²) in [6.07, 6.45) is 1.74. The Labute approximate surface area is 125 Å². The van der Waals surface area contributed by atoms with Gasteiger partial charge in [-0.3, -0.25) is 4.40 Å². The average molecular weight is 303 g/mol. The third-order valence-corrected chi connectivity index (χ3v) is 3.46. The number of nitrogens with zero attached hydrogens (tertiary/aromatic N) is 2. The van der Waals surface area contributed by atoms with Crippen LogP contribution in [-0.2, 0) is 0 Å². The van der Waals surface area contributed by atoms with Crippen LogP contribution in [0, 0.1) is 0 Å². The van der Waals surface area contributed by atoms with Gasteiger partial charge in [-0.05, 0) is 36.4 Å². The Morgan fingerprint density at radius 1 is 1.29 bits per heavy atom. The smallest absolute Gasteiger partial charge is 0.337 e. The molecule has 1 N–H and O–H groups in total. The summed E-state index contributed by atoms with van der Waals surface area (Å²) in [5.74, 6) is 0.279. The minimum Gasteiger partial charge on any atom is -0.497 e. The van der Waals surface area contributed by atoms with Crippen LogP contribution in [0.4, 0.5) is 0 Å². The van der Waals surface area contributed by atoms with Crippen molar-refractivity contribution in [3.63, 3.8) is 0 Å². The molecule has 0 amide bonds.